The maximum absolute atomic E-state index is 12.3. The molecule has 0 aliphatic heterocycles. The minimum absolute atomic E-state index is 0.0214. The molecule has 3 rings (SSSR count). The molecule has 1 atom stereocenters. The molecule has 0 saturated heterocycles. The number of amides is 1. The van der Waals surface area contributed by atoms with E-state index < -0.39 is 0 Å². The highest BCUT2D eigenvalue weighted by Crippen LogP contribution is 2.21. The Morgan fingerprint density at radius 2 is 1.87 bits per heavy atom. The number of aromatic nitrogens is 2. The number of carbonyl (C=O) groups is 1. The maximum Gasteiger partial charge on any atom is 0.251 e. The van der Waals surface area contributed by atoms with Crippen LogP contribution in [0.5, 0.6) is 11.5 Å². The predicted molar refractivity (Wildman–Crippen MR) is 119 cm³/mol. The summed E-state index contributed by atoms with van der Waals surface area (Å²) in [6.07, 6.45) is 1.39. The number of nitrogens with zero attached hydrogens (tertiary/aromatic N) is 2. The summed E-state index contributed by atoms with van der Waals surface area (Å²) in [7, 11) is 3.26. The predicted octanol–water partition coefficient (Wildman–Crippen LogP) is 3.77. The van der Waals surface area contributed by atoms with E-state index in [9.17, 15) is 4.79 Å². The molecule has 0 aliphatic rings. The third-order valence-corrected chi connectivity index (χ3v) is 5.30. The highest BCUT2D eigenvalue weighted by Gasteiger charge is 2.11. The van der Waals surface area contributed by atoms with Crippen LogP contribution in [-0.4, -0.2) is 42.1 Å². The molecule has 1 heterocycles. The Morgan fingerprint density at radius 1 is 1.10 bits per heavy atom. The maximum atomic E-state index is 12.3. The Morgan fingerprint density at radius 3 is 2.60 bits per heavy atom. The van der Waals surface area contributed by atoms with Crippen LogP contribution in [0.1, 0.15) is 35.1 Å². The highest BCUT2D eigenvalue weighted by atomic mass is 32.1. The first-order chi connectivity index (χ1) is 14.6. The largest absolute Gasteiger partial charge is 0.497 e. The average molecular weight is 427 g/mol. The van der Waals surface area contributed by atoms with Gasteiger partial charge < -0.3 is 20.1 Å². The smallest absolute Gasteiger partial charge is 0.251 e. The van der Waals surface area contributed by atoms with Crippen LogP contribution in [-0.2, 0) is 6.42 Å². The van der Waals surface area contributed by atoms with Crippen molar-refractivity contribution in [3.8, 4) is 11.5 Å². The van der Waals surface area contributed by atoms with E-state index in [0.29, 0.717) is 18.5 Å². The number of hydrogen-bond acceptors (Lipinski definition) is 7. The van der Waals surface area contributed by atoms with Gasteiger partial charge in [-0.25, -0.2) is 4.98 Å². The molecule has 2 N–H and O–H groups in total. The van der Waals surface area contributed by atoms with Gasteiger partial charge in [-0.3, -0.25) is 4.79 Å². The van der Waals surface area contributed by atoms with Crippen molar-refractivity contribution >= 4 is 22.6 Å². The number of carbonyl (C=O) groups excluding carboxylic acids is 1. The van der Waals surface area contributed by atoms with Gasteiger partial charge in [0.15, 0.2) is 0 Å². The monoisotopic (exact) mass is 426 g/mol. The summed E-state index contributed by atoms with van der Waals surface area (Å²) < 4.78 is 14.9. The lowest BCUT2D eigenvalue weighted by atomic mass is 10.1. The van der Waals surface area contributed by atoms with Crippen LogP contribution in [0.25, 0.3) is 0 Å². The summed E-state index contributed by atoms with van der Waals surface area (Å²) in [4.78, 5) is 16.9. The van der Waals surface area contributed by atoms with Gasteiger partial charge >= 0.3 is 0 Å². The van der Waals surface area contributed by atoms with E-state index in [1.165, 1.54) is 11.5 Å². The molecule has 8 heteroatoms. The molecule has 1 amide bonds. The zero-order chi connectivity index (χ0) is 21.3. The zero-order valence-corrected chi connectivity index (χ0v) is 18.2. The van der Waals surface area contributed by atoms with E-state index in [4.69, 9.17) is 9.47 Å². The Kier molecular flexibility index (Phi) is 7.62. The van der Waals surface area contributed by atoms with Crippen LogP contribution >= 0.6 is 11.5 Å². The number of methoxy groups -OCH3 is 2. The van der Waals surface area contributed by atoms with E-state index >= 15 is 0 Å². The second kappa shape index (κ2) is 10.6. The number of para-hydroxylation sites is 1. The van der Waals surface area contributed by atoms with E-state index in [-0.39, 0.29) is 11.9 Å². The average Bonchev–Trinajstić information content (AvgIpc) is 3.21. The molecular weight excluding hydrogens is 400 g/mol. The molecule has 30 heavy (non-hydrogen) atoms. The van der Waals surface area contributed by atoms with Crippen LogP contribution < -0.4 is 20.1 Å². The molecule has 0 saturated carbocycles. The molecule has 7 nitrogen and oxygen atoms in total. The summed E-state index contributed by atoms with van der Waals surface area (Å²) >= 11 is 1.34. The van der Waals surface area contributed by atoms with Crippen LogP contribution in [0.2, 0.25) is 0 Å². The van der Waals surface area contributed by atoms with Gasteiger partial charge in [-0.1, -0.05) is 18.2 Å². The van der Waals surface area contributed by atoms with Crippen LogP contribution in [0.3, 0.4) is 0 Å². The molecule has 158 valence electrons. The number of rotatable bonds is 10. The summed E-state index contributed by atoms with van der Waals surface area (Å²) in [6.45, 7) is 2.67. The van der Waals surface area contributed by atoms with Crippen molar-refractivity contribution in [2.45, 2.75) is 25.8 Å². The van der Waals surface area contributed by atoms with Gasteiger partial charge in [-0.15, -0.1) is 0 Å². The number of nitrogens with one attached hydrogen (secondary N) is 2. The summed E-state index contributed by atoms with van der Waals surface area (Å²) in [5.74, 6) is 2.22. The van der Waals surface area contributed by atoms with Gasteiger partial charge in [-0.2, -0.15) is 4.37 Å². The van der Waals surface area contributed by atoms with Gasteiger partial charge in [0.25, 0.3) is 5.91 Å². The molecular formula is C22H26N4O3S. The van der Waals surface area contributed by atoms with Crippen molar-refractivity contribution in [1.82, 2.24) is 14.7 Å². The van der Waals surface area contributed by atoms with E-state index in [1.54, 1.807) is 38.5 Å². The Hall–Kier alpha value is -3.13. The van der Waals surface area contributed by atoms with Crippen molar-refractivity contribution in [3.63, 3.8) is 0 Å². The minimum atomic E-state index is -0.0971. The molecule has 1 unspecified atom stereocenters. The van der Waals surface area contributed by atoms with Gasteiger partial charge in [0, 0.05) is 41.7 Å². The summed E-state index contributed by atoms with van der Waals surface area (Å²) in [6, 6.07) is 14.9. The second-order valence-electron chi connectivity index (χ2n) is 6.82. The van der Waals surface area contributed by atoms with Crippen LogP contribution in [0.15, 0.2) is 48.5 Å². The number of hydrogen-bond donors (Lipinski definition) is 2. The first-order valence-corrected chi connectivity index (χ1v) is 10.5. The molecule has 1 aromatic heterocycles. The van der Waals surface area contributed by atoms with E-state index in [0.717, 1.165) is 34.4 Å². The fourth-order valence-electron chi connectivity index (χ4n) is 2.93. The van der Waals surface area contributed by atoms with Gasteiger partial charge in [0.1, 0.15) is 17.3 Å². The lowest BCUT2D eigenvalue weighted by molar-refractivity contribution is 0.0939. The fourth-order valence-corrected chi connectivity index (χ4v) is 3.54. The summed E-state index contributed by atoms with van der Waals surface area (Å²) in [5, 5.41) is 7.06. The molecule has 0 radical (unpaired) electrons. The quantitative estimate of drug-likeness (QED) is 0.513. The third kappa shape index (κ3) is 5.93. The molecule has 3 aromatic rings. The Labute approximate surface area is 180 Å². The molecule has 0 spiro atoms. The van der Waals surface area contributed by atoms with Crippen molar-refractivity contribution in [3.05, 3.63) is 65.5 Å². The summed E-state index contributed by atoms with van der Waals surface area (Å²) in [5.41, 5.74) is 1.67. The van der Waals surface area contributed by atoms with Crippen molar-refractivity contribution in [1.29, 1.82) is 0 Å². The van der Waals surface area contributed by atoms with Crippen LogP contribution in [0.4, 0.5) is 5.13 Å². The first-order valence-electron chi connectivity index (χ1n) is 9.72. The first kappa shape index (κ1) is 21.6. The molecule has 0 bridgehead atoms. The van der Waals surface area contributed by atoms with Crippen molar-refractivity contribution < 1.29 is 14.3 Å². The lowest BCUT2D eigenvalue weighted by Crippen LogP contribution is -2.33. The molecule has 2 aromatic carbocycles. The fraction of sp³-hybridized carbons (Fsp3) is 0.318. The van der Waals surface area contributed by atoms with Gasteiger partial charge in [0.2, 0.25) is 5.13 Å². The SMILES string of the molecule is COc1ccc(C(=O)NC(C)CCNc2nc(Cc3ccccc3OC)ns2)cc1. The van der Waals surface area contributed by atoms with E-state index in [1.807, 2.05) is 31.2 Å². The van der Waals surface area contributed by atoms with Crippen molar-refractivity contribution in [2.24, 2.45) is 0 Å². The number of benzene rings is 2. The van der Waals surface area contributed by atoms with E-state index in [2.05, 4.69) is 20.0 Å². The normalized spacial score (nSPS) is 11.6. The number of ether oxygens (including phenoxy) is 2. The van der Waals surface area contributed by atoms with Gasteiger partial charge in [-0.05, 0) is 43.7 Å². The Balaban J connectivity index is 1.44. The Bertz CT molecular complexity index is 959. The lowest BCUT2D eigenvalue weighted by Gasteiger charge is -2.14. The minimum Gasteiger partial charge on any atom is -0.497 e. The molecule has 0 aliphatic carbocycles. The van der Waals surface area contributed by atoms with Crippen LogP contribution in [0, 0.1) is 0 Å². The number of anilines is 1. The third-order valence-electron chi connectivity index (χ3n) is 4.59. The highest BCUT2D eigenvalue weighted by molar-refractivity contribution is 7.09. The molecule has 0 fully saturated rings. The van der Waals surface area contributed by atoms with Crippen molar-refractivity contribution in [2.75, 3.05) is 26.1 Å². The van der Waals surface area contributed by atoms with Gasteiger partial charge in [0.05, 0.1) is 14.2 Å². The second-order valence-corrected chi connectivity index (χ2v) is 7.57. The zero-order valence-electron chi connectivity index (χ0n) is 17.3. The topological polar surface area (TPSA) is 85.4 Å². The standard InChI is InChI=1S/C22H26N4O3S/c1-15(24-21(27)16-8-10-18(28-2)11-9-16)12-13-23-22-25-20(26-30-22)14-17-6-4-5-7-19(17)29-3/h4-11,15H,12-14H2,1-3H3,(H,24,27)(H,23,25,26).